The molecule has 3 aromatic rings. The van der Waals surface area contributed by atoms with Gasteiger partial charge < -0.3 is 4.90 Å². The molecule has 0 aliphatic heterocycles. The number of carbonyl (C=O) groups excluding carboxylic acids is 1. The number of thiophene rings is 1. The van der Waals surface area contributed by atoms with E-state index in [4.69, 9.17) is 11.6 Å². The lowest BCUT2D eigenvalue weighted by atomic mass is 10.1. The molecule has 0 saturated carbocycles. The van der Waals surface area contributed by atoms with Crippen LogP contribution in [0.15, 0.2) is 46.7 Å². The molecular formula is C19H19ClN2O3S3. The molecule has 28 heavy (non-hydrogen) atoms. The van der Waals surface area contributed by atoms with Crippen LogP contribution in [0.4, 0.5) is 0 Å². The van der Waals surface area contributed by atoms with Gasteiger partial charge >= 0.3 is 0 Å². The highest BCUT2D eigenvalue weighted by Crippen LogP contribution is 2.33. The molecule has 0 aliphatic carbocycles. The van der Waals surface area contributed by atoms with Gasteiger partial charge in [-0.15, -0.1) is 22.7 Å². The molecule has 2 heterocycles. The van der Waals surface area contributed by atoms with Crippen molar-refractivity contribution < 1.29 is 13.2 Å². The maximum Gasteiger partial charge on any atom is 0.228 e. The number of likely N-dealkylation sites (N-methyl/N-ethyl adjacent to an activating group) is 1. The van der Waals surface area contributed by atoms with E-state index in [9.17, 15) is 13.2 Å². The van der Waals surface area contributed by atoms with Gasteiger partial charge in [0.1, 0.15) is 5.01 Å². The van der Waals surface area contributed by atoms with Crippen molar-refractivity contribution in [2.24, 2.45) is 0 Å². The van der Waals surface area contributed by atoms with Gasteiger partial charge in [0.25, 0.3) is 0 Å². The van der Waals surface area contributed by atoms with Crippen LogP contribution in [0.3, 0.4) is 0 Å². The highest BCUT2D eigenvalue weighted by atomic mass is 35.5. The predicted octanol–water partition coefficient (Wildman–Crippen LogP) is 4.69. The molecule has 2 aromatic heterocycles. The fourth-order valence-corrected chi connectivity index (χ4v) is 5.21. The van der Waals surface area contributed by atoms with Crippen LogP contribution in [-0.2, 0) is 21.1 Å². The SMILES string of the molecule is CC(c1ccc(S(C)(=O)=O)cc1)N(C)C(=O)Cc1csc(-c2ccc(Cl)s2)n1. The highest BCUT2D eigenvalue weighted by Gasteiger charge is 2.20. The first kappa shape index (κ1) is 21.0. The maximum absolute atomic E-state index is 12.7. The Hall–Kier alpha value is -1.74. The van der Waals surface area contributed by atoms with E-state index in [1.165, 1.54) is 28.9 Å². The van der Waals surface area contributed by atoms with E-state index in [-0.39, 0.29) is 23.3 Å². The zero-order valence-electron chi connectivity index (χ0n) is 15.5. The zero-order valence-corrected chi connectivity index (χ0v) is 18.8. The first-order valence-electron chi connectivity index (χ1n) is 8.41. The highest BCUT2D eigenvalue weighted by molar-refractivity contribution is 7.90. The minimum absolute atomic E-state index is 0.0549. The summed E-state index contributed by atoms with van der Waals surface area (Å²) in [5, 5.41) is 2.74. The molecule has 0 spiro atoms. The quantitative estimate of drug-likeness (QED) is 0.541. The van der Waals surface area contributed by atoms with E-state index in [2.05, 4.69) is 4.98 Å². The number of halogens is 1. The molecule has 0 aliphatic rings. The monoisotopic (exact) mass is 454 g/mol. The van der Waals surface area contributed by atoms with Crippen molar-refractivity contribution in [1.82, 2.24) is 9.88 Å². The Balaban J connectivity index is 1.68. The lowest BCUT2D eigenvalue weighted by Gasteiger charge is -2.25. The van der Waals surface area contributed by atoms with Gasteiger partial charge in [0, 0.05) is 18.7 Å². The minimum Gasteiger partial charge on any atom is -0.339 e. The van der Waals surface area contributed by atoms with Gasteiger partial charge in [-0.2, -0.15) is 0 Å². The van der Waals surface area contributed by atoms with Crippen LogP contribution in [0.1, 0.15) is 24.2 Å². The van der Waals surface area contributed by atoms with E-state index >= 15 is 0 Å². The smallest absolute Gasteiger partial charge is 0.228 e. The fraction of sp³-hybridized carbons (Fsp3) is 0.263. The Kier molecular flexibility index (Phi) is 6.24. The minimum atomic E-state index is -3.24. The van der Waals surface area contributed by atoms with Crippen molar-refractivity contribution in [3.63, 3.8) is 0 Å². The molecule has 0 N–H and O–H groups in total. The number of benzene rings is 1. The number of hydrogen-bond donors (Lipinski definition) is 0. The second kappa shape index (κ2) is 8.32. The zero-order chi connectivity index (χ0) is 20.5. The van der Waals surface area contributed by atoms with Crippen LogP contribution in [0, 0.1) is 0 Å². The summed E-state index contributed by atoms with van der Waals surface area (Å²) in [4.78, 5) is 20.1. The molecule has 0 radical (unpaired) electrons. The van der Waals surface area contributed by atoms with E-state index in [1.807, 2.05) is 24.4 Å². The number of aromatic nitrogens is 1. The number of hydrogen-bond acceptors (Lipinski definition) is 6. The summed E-state index contributed by atoms with van der Waals surface area (Å²) < 4.78 is 23.9. The number of amides is 1. The molecule has 0 bridgehead atoms. The van der Waals surface area contributed by atoms with Crippen LogP contribution < -0.4 is 0 Å². The van der Waals surface area contributed by atoms with Gasteiger partial charge in [-0.25, -0.2) is 13.4 Å². The van der Waals surface area contributed by atoms with Gasteiger partial charge in [0.15, 0.2) is 9.84 Å². The summed E-state index contributed by atoms with van der Waals surface area (Å²) in [6.07, 6.45) is 1.38. The van der Waals surface area contributed by atoms with Crippen molar-refractivity contribution in [3.05, 3.63) is 57.4 Å². The lowest BCUT2D eigenvalue weighted by Crippen LogP contribution is -2.31. The second-order valence-corrected chi connectivity index (χ2v) is 11.0. The average Bonchev–Trinajstić information content (AvgIpc) is 3.28. The van der Waals surface area contributed by atoms with Gasteiger partial charge in [-0.05, 0) is 36.8 Å². The first-order chi connectivity index (χ1) is 13.1. The number of nitrogens with zero attached hydrogens (tertiary/aromatic N) is 2. The van der Waals surface area contributed by atoms with E-state index in [0.717, 1.165) is 21.1 Å². The van der Waals surface area contributed by atoms with Crippen molar-refractivity contribution in [2.75, 3.05) is 13.3 Å². The summed E-state index contributed by atoms with van der Waals surface area (Å²) in [6.45, 7) is 1.91. The maximum atomic E-state index is 12.7. The Labute approximate surface area is 177 Å². The van der Waals surface area contributed by atoms with Crippen molar-refractivity contribution in [3.8, 4) is 9.88 Å². The molecule has 0 saturated heterocycles. The summed E-state index contributed by atoms with van der Waals surface area (Å²) in [5.41, 5.74) is 1.59. The lowest BCUT2D eigenvalue weighted by molar-refractivity contribution is -0.131. The molecule has 148 valence electrons. The van der Waals surface area contributed by atoms with Crippen LogP contribution in [0.2, 0.25) is 4.34 Å². The van der Waals surface area contributed by atoms with E-state index in [0.29, 0.717) is 4.34 Å². The molecule has 1 aromatic carbocycles. The number of carbonyl (C=O) groups is 1. The standard InChI is InChI=1S/C19H19ClN2O3S3/c1-12(13-4-6-15(7-5-13)28(3,24)25)22(2)18(23)10-14-11-26-19(21-14)16-8-9-17(20)27-16/h4-9,11-12H,10H2,1-3H3. The van der Waals surface area contributed by atoms with Gasteiger partial charge in [-0.1, -0.05) is 23.7 Å². The molecule has 0 fully saturated rings. The second-order valence-electron chi connectivity index (χ2n) is 6.45. The van der Waals surface area contributed by atoms with Gasteiger partial charge in [0.05, 0.1) is 32.3 Å². The normalized spacial score (nSPS) is 12.7. The molecule has 9 heteroatoms. The fourth-order valence-electron chi connectivity index (χ4n) is 2.64. The van der Waals surface area contributed by atoms with Crippen molar-refractivity contribution in [2.45, 2.75) is 24.3 Å². The third-order valence-corrected chi connectivity index (χ3v) is 7.85. The first-order valence-corrected chi connectivity index (χ1v) is 12.4. The topological polar surface area (TPSA) is 67.3 Å². The molecule has 3 rings (SSSR count). The van der Waals surface area contributed by atoms with Gasteiger partial charge in [-0.3, -0.25) is 4.79 Å². The third kappa shape index (κ3) is 4.81. The molecular weight excluding hydrogens is 436 g/mol. The Morgan fingerprint density at radius 3 is 2.46 bits per heavy atom. The number of rotatable bonds is 6. The Bertz CT molecular complexity index is 1090. The molecule has 1 unspecified atom stereocenters. The Morgan fingerprint density at radius 1 is 1.21 bits per heavy atom. The van der Waals surface area contributed by atoms with Crippen LogP contribution >= 0.6 is 34.3 Å². The van der Waals surface area contributed by atoms with Crippen molar-refractivity contribution >= 4 is 50.0 Å². The summed E-state index contributed by atoms with van der Waals surface area (Å²) in [5.74, 6) is -0.0549. The molecule has 5 nitrogen and oxygen atoms in total. The summed E-state index contributed by atoms with van der Waals surface area (Å²) in [7, 11) is -1.50. The third-order valence-electron chi connectivity index (χ3n) is 4.43. The summed E-state index contributed by atoms with van der Waals surface area (Å²) in [6, 6.07) is 10.2. The average molecular weight is 455 g/mol. The van der Waals surface area contributed by atoms with Crippen LogP contribution in [0.5, 0.6) is 0 Å². The molecule has 1 atom stereocenters. The van der Waals surface area contributed by atoms with E-state index < -0.39 is 9.84 Å². The number of sulfone groups is 1. The molecule has 1 amide bonds. The van der Waals surface area contributed by atoms with E-state index in [1.54, 1.807) is 36.2 Å². The van der Waals surface area contributed by atoms with Crippen molar-refractivity contribution in [1.29, 1.82) is 0 Å². The number of thiazole rings is 1. The Morgan fingerprint density at radius 2 is 1.89 bits per heavy atom. The van der Waals surface area contributed by atoms with Crippen LogP contribution in [-0.4, -0.2) is 37.5 Å². The predicted molar refractivity (Wildman–Crippen MR) is 115 cm³/mol. The van der Waals surface area contributed by atoms with Gasteiger partial charge in [0.2, 0.25) is 5.91 Å². The summed E-state index contributed by atoms with van der Waals surface area (Å²) >= 11 is 8.92. The van der Waals surface area contributed by atoms with Crippen LogP contribution in [0.25, 0.3) is 9.88 Å². The largest absolute Gasteiger partial charge is 0.339 e.